The third kappa shape index (κ3) is 5.13. The Hall–Kier alpha value is -1.64. The Morgan fingerprint density at radius 3 is 2.44 bits per heavy atom. The first kappa shape index (κ1) is 14.4. The van der Waals surface area contributed by atoms with Crippen LogP contribution in [0.4, 0.5) is 5.69 Å². The lowest BCUT2D eigenvalue weighted by Crippen LogP contribution is -1.87. The van der Waals surface area contributed by atoms with E-state index >= 15 is 0 Å². The van der Waals surface area contributed by atoms with Gasteiger partial charge < -0.3 is 0 Å². The van der Waals surface area contributed by atoms with Crippen LogP contribution >= 0.6 is 0 Å². The van der Waals surface area contributed by atoms with Crippen molar-refractivity contribution in [2.75, 3.05) is 0 Å². The van der Waals surface area contributed by atoms with Crippen LogP contribution in [0.15, 0.2) is 29.8 Å². The molecule has 1 rings (SSSR count). The van der Waals surface area contributed by atoms with Gasteiger partial charge >= 0.3 is 0 Å². The van der Waals surface area contributed by atoms with Crippen molar-refractivity contribution in [3.8, 4) is 0 Å². The molecule has 0 N–H and O–H groups in total. The summed E-state index contributed by atoms with van der Waals surface area (Å²) in [5.41, 5.74) is 2.52. The summed E-state index contributed by atoms with van der Waals surface area (Å²) in [6.07, 6.45) is 8.27. The summed E-state index contributed by atoms with van der Waals surface area (Å²) in [5, 5.41) is 10.5. The van der Waals surface area contributed by atoms with E-state index in [1.54, 1.807) is 24.3 Å². The average Bonchev–Trinajstić information content (AvgIpc) is 2.35. The fourth-order valence-electron chi connectivity index (χ4n) is 1.88. The molecule has 1 aromatic rings. The van der Waals surface area contributed by atoms with E-state index in [1.807, 2.05) is 0 Å². The minimum Gasteiger partial charge on any atom is -0.258 e. The van der Waals surface area contributed by atoms with Crippen LogP contribution in [0.5, 0.6) is 0 Å². The minimum atomic E-state index is -0.370. The van der Waals surface area contributed by atoms with Gasteiger partial charge in [0.25, 0.3) is 5.69 Å². The van der Waals surface area contributed by atoms with Crippen LogP contribution in [0.1, 0.15) is 51.5 Å². The highest BCUT2D eigenvalue weighted by Crippen LogP contribution is 2.16. The maximum absolute atomic E-state index is 10.5. The zero-order chi connectivity index (χ0) is 13.4. The number of nitro benzene ring substituents is 1. The topological polar surface area (TPSA) is 43.1 Å². The number of benzene rings is 1. The summed E-state index contributed by atoms with van der Waals surface area (Å²) in [6, 6.07) is 6.70. The molecule has 0 aromatic heterocycles. The van der Waals surface area contributed by atoms with Crippen LogP contribution < -0.4 is 0 Å². The number of non-ortho nitro benzene ring substituents is 1. The highest BCUT2D eigenvalue weighted by atomic mass is 16.6. The maximum Gasteiger partial charge on any atom is 0.269 e. The Labute approximate surface area is 109 Å². The Bertz CT molecular complexity index is 407. The Kier molecular flexibility index (Phi) is 6.12. The molecule has 0 saturated heterocycles. The summed E-state index contributed by atoms with van der Waals surface area (Å²) >= 11 is 0. The van der Waals surface area contributed by atoms with Gasteiger partial charge in [-0.05, 0) is 37.5 Å². The normalized spacial score (nSPS) is 11.6. The lowest BCUT2D eigenvalue weighted by Gasteiger charge is -2.01. The molecule has 3 heteroatoms. The second kappa shape index (κ2) is 7.64. The molecule has 0 fully saturated rings. The molecule has 0 spiro atoms. The highest BCUT2D eigenvalue weighted by molar-refractivity contribution is 5.54. The molecule has 0 unspecified atom stereocenters. The van der Waals surface area contributed by atoms with Crippen molar-refractivity contribution < 1.29 is 4.92 Å². The number of unbranched alkanes of at least 4 members (excludes halogenated alkanes) is 3. The van der Waals surface area contributed by atoms with E-state index in [-0.39, 0.29) is 10.6 Å². The van der Waals surface area contributed by atoms with E-state index < -0.39 is 0 Å². The van der Waals surface area contributed by atoms with Crippen LogP contribution in [0, 0.1) is 10.1 Å². The lowest BCUT2D eigenvalue weighted by atomic mass is 10.0. The summed E-state index contributed by atoms with van der Waals surface area (Å²) < 4.78 is 0. The summed E-state index contributed by atoms with van der Waals surface area (Å²) in [6.45, 7) is 4.33. The van der Waals surface area contributed by atoms with Gasteiger partial charge in [0.2, 0.25) is 0 Å². The van der Waals surface area contributed by atoms with Crippen molar-refractivity contribution in [3.05, 3.63) is 45.5 Å². The smallest absolute Gasteiger partial charge is 0.258 e. The maximum atomic E-state index is 10.5. The molecule has 3 nitrogen and oxygen atoms in total. The van der Waals surface area contributed by atoms with E-state index in [2.05, 4.69) is 19.9 Å². The summed E-state index contributed by atoms with van der Waals surface area (Å²) in [4.78, 5) is 10.2. The van der Waals surface area contributed by atoms with E-state index in [4.69, 9.17) is 0 Å². The first-order valence-corrected chi connectivity index (χ1v) is 6.55. The summed E-state index contributed by atoms with van der Waals surface area (Å²) in [7, 11) is 0. The van der Waals surface area contributed by atoms with Crippen LogP contribution in [0.25, 0.3) is 6.08 Å². The van der Waals surface area contributed by atoms with Gasteiger partial charge in [-0.3, -0.25) is 10.1 Å². The third-order valence-electron chi connectivity index (χ3n) is 2.94. The van der Waals surface area contributed by atoms with Gasteiger partial charge in [0.15, 0.2) is 0 Å². The zero-order valence-electron chi connectivity index (χ0n) is 11.2. The predicted octanol–water partition coefficient (Wildman–Crippen LogP) is 4.97. The van der Waals surface area contributed by atoms with Crippen molar-refractivity contribution >= 4 is 11.8 Å². The van der Waals surface area contributed by atoms with Crippen LogP contribution in [0.2, 0.25) is 0 Å². The molecule has 0 bridgehead atoms. The van der Waals surface area contributed by atoms with Crippen molar-refractivity contribution in [2.24, 2.45) is 0 Å². The summed E-state index contributed by atoms with van der Waals surface area (Å²) in [5.74, 6) is 0. The van der Waals surface area contributed by atoms with Gasteiger partial charge in [0.05, 0.1) is 4.92 Å². The number of hydrogen-bond donors (Lipinski definition) is 0. The first-order chi connectivity index (χ1) is 8.63. The van der Waals surface area contributed by atoms with Crippen LogP contribution in [-0.2, 0) is 0 Å². The fraction of sp³-hybridized carbons (Fsp3) is 0.467. The second-order valence-corrected chi connectivity index (χ2v) is 4.65. The molecule has 0 amide bonds. The number of nitro groups is 1. The molecule has 0 radical (unpaired) electrons. The molecule has 0 aliphatic rings. The Morgan fingerprint density at radius 1 is 1.22 bits per heavy atom. The first-order valence-electron chi connectivity index (χ1n) is 6.55. The Morgan fingerprint density at radius 2 is 1.89 bits per heavy atom. The fourth-order valence-corrected chi connectivity index (χ4v) is 1.88. The Balaban J connectivity index is 2.51. The van der Waals surface area contributed by atoms with Crippen molar-refractivity contribution in [1.82, 2.24) is 0 Å². The minimum absolute atomic E-state index is 0.146. The largest absolute Gasteiger partial charge is 0.269 e. The SMILES string of the molecule is CCCCCC/C(C)=C\c1ccc([N+](=O)[O-])cc1. The van der Waals surface area contributed by atoms with Crippen molar-refractivity contribution in [2.45, 2.75) is 46.0 Å². The zero-order valence-corrected chi connectivity index (χ0v) is 11.2. The van der Waals surface area contributed by atoms with Crippen LogP contribution in [0.3, 0.4) is 0 Å². The van der Waals surface area contributed by atoms with Gasteiger partial charge in [0, 0.05) is 12.1 Å². The van der Waals surface area contributed by atoms with E-state index in [9.17, 15) is 10.1 Å². The molecule has 0 atom stereocenters. The molecule has 0 saturated carbocycles. The van der Waals surface area contributed by atoms with Crippen LogP contribution in [-0.4, -0.2) is 4.92 Å². The predicted molar refractivity (Wildman–Crippen MR) is 75.5 cm³/mol. The molecular formula is C15H21NO2. The third-order valence-corrected chi connectivity index (χ3v) is 2.94. The molecule has 98 valence electrons. The van der Waals surface area contributed by atoms with Gasteiger partial charge in [-0.2, -0.15) is 0 Å². The van der Waals surface area contributed by atoms with Crippen molar-refractivity contribution in [1.29, 1.82) is 0 Å². The molecule has 18 heavy (non-hydrogen) atoms. The number of allylic oxidation sites excluding steroid dienone is 1. The van der Waals surface area contributed by atoms with E-state index in [0.29, 0.717) is 0 Å². The second-order valence-electron chi connectivity index (χ2n) is 4.65. The lowest BCUT2D eigenvalue weighted by molar-refractivity contribution is -0.384. The van der Waals surface area contributed by atoms with Gasteiger partial charge in [-0.15, -0.1) is 0 Å². The monoisotopic (exact) mass is 247 g/mol. The van der Waals surface area contributed by atoms with E-state index in [0.717, 1.165) is 12.0 Å². The van der Waals surface area contributed by atoms with Crippen molar-refractivity contribution in [3.63, 3.8) is 0 Å². The van der Waals surface area contributed by atoms with Gasteiger partial charge in [0.1, 0.15) is 0 Å². The number of nitrogens with zero attached hydrogens (tertiary/aromatic N) is 1. The van der Waals surface area contributed by atoms with E-state index in [1.165, 1.54) is 31.3 Å². The van der Waals surface area contributed by atoms with Gasteiger partial charge in [-0.1, -0.05) is 37.8 Å². The average molecular weight is 247 g/mol. The molecule has 0 aliphatic heterocycles. The number of rotatable bonds is 7. The molecular weight excluding hydrogens is 226 g/mol. The molecule has 0 aliphatic carbocycles. The highest BCUT2D eigenvalue weighted by Gasteiger charge is 2.02. The number of hydrogen-bond acceptors (Lipinski definition) is 2. The van der Waals surface area contributed by atoms with Gasteiger partial charge in [-0.25, -0.2) is 0 Å². The standard InChI is InChI=1S/C15H21NO2/c1-3-4-5-6-7-13(2)12-14-8-10-15(11-9-14)16(17)18/h8-12H,3-7H2,1-2H3/b13-12-. The molecule has 0 heterocycles. The molecule has 1 aromatic carbocycles. The quantitative estimate of drug-likeness (QED) is 0.388.